The summed E-state index contributed by atoms with van der Waals surface area (Å²) >= 11 is 0. The van der Waals surface area contributed by atoms with Crippen LogP contribution in [-0.4, -0.2) is 41.5 Å². The van der Waals surface area contributed by atoms with Crippen LogP contribution in [0.15, 0.2) is 12.5 Å². The van der Waals surface area contributed by atoms with Crippen molar-refractivity contribution in [2.75, 3.05) is 26.7 Å². The van der Waals surface area contributed by atoms with Gasteiger partial charge < -0.3 is 10.3 Å². The smallest absolute Gasteiger partial charge is 0.0922 e. The average molecular weight is 196 g/mol. The van der Waals surface area contributed by atoms with Gasteiger partial charge in [0, 0.05) is 12.7 Å². The third-order valence-corrected chi connectivity index (χ3v) is 2.53. The molecule has 4 nitrogen and oxygen atoms in total. The average Bonchev–Trinajstić information content (AvgIpc) is 2.71. The normalized spacial score (nSPS) is 13.4. The van der Waals surface area contributed by atoms with Crippen LogP contribution in [-0.2, 0) is 0 Å². The molecule has 80 valence electrons. The van der Waals surface area contributed by atoms with Crippen molar-refractivity contribution in [1.82, 2.24) is 20.2 Å². The van der Waals surface area contributed by atoms with Gasteiger partial charge in [0.15, 0.2) is 0 Å². The Labute approximate surface area is 85.7 Å². The van der Waals surface area contributed by atoms with E-state index < -0.39 is 0 Å². The van der Waals surface area contributed by atoms with E-state index in [0.717, 1.165) is 19.6 Å². The predicted molar refractivity (Wildman–Crippen MR) is 58.2 cm³/mol. The number of likely N-dealkylation sites (N-methyl/N-ethyl adjacent to an activating group) is 2. The molecule has 1 aromatic heterocycles. The van der Waals surface area contributed by atoms with Gasteiger partial charge in [-0.05, 0) is 20.1 Å². The van der Waals surface area contributed by atoms with E-state index in [1.807, 2.05) is 13.2 Å². The first kappa shape index (κ1) is 11.2. The summed E-state index contributed by atoms with van der Waals surface area (Å²) in [6.07, 6.45) is 3.64. The zero-order chi connectivity index (χ0) is 10.4. The van der Waals surface area contributed by atoms with Gasteiger partial charge in [0.25, 0.3) is 0 Å². The van der Waals surface area contributed by atoms with Crippen LogP contribution in [0.4, 0.5) is 0 Å². The molecule has 1 heterocycles. The molecule has 0 fully saturated rings. The van der Waals surface area contributed by atoms with Gasteiger partial charge in [0.2, 0.25) is 0 Å². The van der Waals surface area contributed by atoms with E-state index in [4.69, 9.17) is 0 Å². The molecule has 0 amide bonds. The number of imidazole rings is 1. The number of nitrogens with zero attached hydrogens (tertiary/aromatic N) is 2. The first-order valence-corrected chi connectivity index (χ1v) is 5.20. The number of aromatic amines is 1. The number of nitrogens with one attached hydrogen (secondary N) is 2. The second-order valence-corrected chi connectivity index (χ2v) is 3.30. The molecule has 1 atom stereocenters. The number of rotatable bonds is 6. The van der Waals surface area contributed by atoms with E-state index in [9.17, 15) is 0 Å². The minimum absolute atomic E-state index is 0.400. The molecule has 0 aliphatic carbocycles. The second kappa shape index (κ2) is 5.78. The fraction of sp³-hybridized carbons (Fsp3) is 0.700. The molecule has 1 rings (SSSR count). The van der Waals surface area contributed by atoms with Crippen molar-refractivity contribution >= 4 is 0 Å². The van der Waals surface area contributed by atoms with E-state index >= 15 is 0 Å². The lowest BCUT2D eigenvalue weighted by Crippen LogP contribution is -2.34. The molecule has 0 saturated heterocycles. The van der Waals surface area contributed by atoms with Gasteiger partial charge in [0.05, 0.1) is 18.1 Å². The van der Waals surface area contributed by atoms with Crippen LogP contribution in [0.5, 0.6) is 0 Å². The summed E-state index contributed by atoms with van der Waals surface area (Å²) in [6.45, 7) is 7.43. The molecule has 4 heteroatoms. The van der Waals surface area contributed by atoms with Crippen molar-refractivity contribution in [3.05, 3.63) is 18.2 Å². The highest BCUT2D eigenvalue weighted by Crippen LogP contribution is 2.16. The molecule has 2 N–H and O–H groups in total. The number of hydrogen-bond donors (Lipinski definition) is 2. The van der Waals surface area contributed by atoms with Crippen LogP contribution in [0.1, 0.15) is 25.6 Å². The third kappa shape index (κ3) is 2.56. The van der Waals surface area contributed by atoms with Gasteiger partial charge in [-0.1, -0.05) is 13.8 Å². The summed E-state index contributed by atoms with van der Waals surface area (Å²) < 4.78 is 0. The van der Waals surface area contributed by atoms with Crippen LogP contribution in [0.25, 0.3) is 0 Å². The summed E-state index contributed by atoms with van der Waals surface area (Å²) in [7, 11) is 1.98. The lowest BCUT2D eigenvalue weighted by atomic mass is 10.2. The zero-order valence-electron chi connectivity index (χ0n) is 9.25. The largest absolute Gasteiger partial charge is 0.347 e. The highest BCUT2D eigenvalue weighted by Gasteiger charge is 2.17. The van der Waals surface area contributed by atoms with Crippen LogP contribution < -0.4 is 5.32 Å². The molecular weight excluding hydrogens is 176 g/mol. The Morgan fingerprint density at radius 3 is 2.64 bits per heavy atom. The second-order valence-electron chi connectivity index (χ2n) is 3.30. The van der Waals surface area contributed by atoms with Crippen LogP contribution in [0.2, 0.25) is 0 Å². The predicted octanol–water partition coefficient (Wildman–Crippen LogP) is 1.01. The molecule has 0 spiro atoms. The van der Waals surface area contributed by atoms with E-state index in [1.54, 1.807) is 6.33 Å². The van der Waals surface area contributed by atoms with Gasteiger partial charge in [-0.3, -0.25) is 4.90 Å². The monoisotopic (exact) mass is 196 g/mol. The number of hydrogen-bond acceptors (Lipinski definition) is 3. The Morgan fingerprint density at radius 1 is 1.50 bits per heavy atom. The lowest BCUT2D eigenvalue weighted by Gasteiger charge is -2.28. The van der Waals surface area contributed by atoms with Crippen LogP contribution >= 0.6 is 0 Å². The first-order valence-electron chi connectivity index (χ1n) is 5.20. The van der Waals surface area contributed by atoms with E-state index in [0.29, 0.717) is 6.04 Å². The van der Waals surface area contributed by atoms with Crippen LogP contribution in [0.3, 0.4) is 0 Å². The first-order chi connectivity index (χ1) is 6.83. The molecule has 0 saturated carbocycles. The van der Waals surface area contributed by atoms with Crippen molar-refractivity contribution in [2.45, 2.75) is 19.9 Å². The number of aromatic nitrogens is 2. The Balaban J connectivity index is 2.72. The van der Waals surface area contributed by atoms with E-state index in [2.05, 4.69) is 34.0 Å². The minimum Gasteiger partial charge on any atom is -0.347 e. The molecule has 1 aromatic rings. The summed E-state index contributed by atoms with van der Waals surface area (Å²) in [5, 5.41) is 3.22. The highest BCUT2D eigenvalue weighted by molar-refractivity contribution is 5.03. The van der Waals surface area contributed by atoms with E-state index in [1.165, 1.54) is 5.69 Å². The topological polar surface area (TPSA) is 44.0 Å². The van der Waals surface area contributed by atoms with Crippen molar-refractivity contribution in [2.24, 2.45) is 0 Å². The quantitative estimate of drug-likeness (QED) is 0.713. The maximum Gasteiger partial charge on any atom is 0.0922 e. The van der Waals surface area contributed by atoms with Gasteiger partial charge in [-0.25, -0.2) is 4.98 Å². The summed E-state index contributed by atoms with van der Waals surface area (Å²) in [6, 6.07) is 0.400. The molecule has 0 radical (unpaired) electrons. The molecular formula is C10H20N4. The minimum atomic E-state index is 0.400. The van der Waals surface area contributed by atoms with Crippen LogP contribution in [0, 0.1) is 0 Å². The van der Waals surface area contributed by atoms with Crippen molar-refractivity contribution < 1.29 is 0 Å². The third-order valence-electron chi connectivity index (χ3n) is 2.53. The maximum absolute atomic E-state index is 4.07. The van der Waals surface area contributed by atoms with Crippen molar-refractivity contribution in [3.63, 3.8) is 0 Å². The summed E-state index contributed by atoms with van der Waals surface area (Å²) in [5.41, 5.74) is 1.18. The standard InChI is InChI=1S/C10H20N4/c1-4-14(5-2)10(7-11-3)9-6-12-8-13-9/h6,8,10-11H,4-5,7H2,1-3H3,(H,12,13). The van der Waals surface area contributed by atoms with Gasteiger partial charge in [-0.15, -0.1) is 0 Å². The van der Waals surface area contributed by atoms with Gasteiger partial charge in [0.1, 0.15) is 0 Å². The zero-order valence-corrected chi connectivity index (χ0v) is 9.25. The molecule has 14 heavy (non-hydrogen) atoms. The fourth-order valence-corrected chi connectivity index (χ4v) is 1.74. The summed E-state index contributed by atoms with van der Waals surface area (Å²) in [4.78, 5) is 9.65. The summed E-state index contributed by atoms with van der Waals surface area (Å²) in [5.74, 6) is 0. The molecule has 0 aliphatic rings. The SMILES string of the molecule is CCN(CC)C(CNC)c1cnc[nH]1. The van der Waals surface area contributed by atoms with Crippen molar-refractivity contribution in [3.8, 4) is 0 Å². The van der Waals surface area contributed by atoms with E-state index in [-0.39, 0.29) is 0 Å². The molecule has 0 aromatic carbocycles. The fourth-order valence-electron chi connectivity index (χ4n) is 1.74. The Morgan fingerprint density at radius 2 is 2.21 bits per heavy atom. The lowest BCUT2D eigenvalue weighted by molar-refractivity contribution is 0.212. The Bertz CT molecular complexity index is 228. The Kier molecular flexibility index (Phi) is 4.62. The Hall–Kier alpha value is -0.870. The highest BCUT2D eigenvalue weighted by atomic mass is 15.2. The molecule has 1 unspecified atom stereocenters. The maximum atomic E-state index is 4.07. The molecule has 0 aliphatic heterocycles. The van der Waals surface area contributed by atoms with Gasteiger partial charge in [-0.2, -0.15) is 0 Å². The molecule has 0 bridgehead atoms. The van der Waals surface area contributed by atoms with Crippen molar-refractivity contribution in [1.29, 1.82) is 0 Å². The number of H-pyrrole nitrogens is 1. The van der Waals surface area contributed by atoms with Gasteiger partial charge >= 0.3 is 0 Å².